The maximum absolute atomic E-state index is 8.43. The lowest BCUT2D eigenvalue weighted by molar-refractivity contribution is 0.635. The van der Waals surface area contributed by atoms with Crippen LogP contribution in [0.15, 0.2) is 5.38 Å². The molecule has 1 aromatic heterocycles. The Hall–Kier alpha value is -0.920. The van der Waals surface area contributed by atoms with Crippen molar-refractivity contribution in [3.8, 4) is 6.07 Å². The second-order valence-electron chi connectivity index (χ2n) is 2.51. The van der Waals surface area contributed by atoms with Gasteiger partial charge in [0.05, 0.1) is 18.2 Å². The zero-order chi connectivity index (χ0) is 8.97. The van der Waals surface area contributed by atoms with Crippen LogP contribution in [0.25, 0.3) is 0 Å². The highest BCUT2D eigenvalue weighted by molar-refractivity contribution is 7.09. The molecule has 0 fully saturated rings. The summed E-state index contributed by atoms with van der Waals surface area (Å²) < 4.78 is 0. The van der Waals surface area contributed by atoms with Gasteiger partial charge in [0.1, 0.15) is 5.01 Å². The Morgan fingerprint density at radius 2 is 2.58 bits per heavy atom. The smallest absolute Gasteiger partial charge is 0.107 e. The van der Waals surface area contributed by atoms with Crippen LogP contribution < -0.4 is 5.32 Å². The molecular weight excluding hydrogens is 170 g/mol. The molecule has 1 N–H and O–H groups in total. The van der Waals surface area contributed by atoms with Crippen LogP contribution in [0.5, 0.6) is 0 Å². The molecule has 3 nitrogen and oxygen atoms in total. The molecule has 0 saturated heterocycles. The van der Waals surface area contributed by atoms with Crippen LogP contribution in [0, 0.1) is 11.3 Å². The van der Waals surface area contributed by atoms with Gasteiger partial charge in [-0.3, -0.25) is 0 Å². The van der Waals surface area contributed by atoms with E-state index in [4.69, 9.17) is 5.26 Å². The fourth-order valence-corrected chi connectivity index (χ4v) is 1.64. The predicted molar refractivity (Wildman–Crippen MR) is 48.9 cm³/mol. The van der Waals surface area contributed by atoms with Crippen molar-refractivity contribution in [2.75, 3.05) is 7.05 Å². The van der Waals surface area contributed by atoms with E-state index in [9.17, 15) is 0 Å². The van der Waals surface area contributed by atoms with E-state index in [-0.39, 0.29) is 6.04 Å². The minimum Gasteiger partial charge on any atom is -0.312 e. The molecule has 0 aliphatic carbocycles. The van der Waals surface area contributed by atoms with Crippen LogP contribution in [-0.2, 0) is 6.42 Å². The standard InChI is InChI=1S/C8H11N3S/c1-6(10-2)7-5-12-8(11-7)3-4-9/h5-6,10H,3H2,1-2H3. The van der Waals surface area contributed by atoms with Crippen LogP contribution in [0.1, 0.15) is 23.7 Å². The van der Waals surface area contributed by atoms with Gasteiger partial charge in [0.15, 0.2) is 0 Å². The number of rotatable bonds is 3. The molecule has 0 aromatic carbocycles. The molecule has 0 radical (unpaired) electrons. The molecule has 1 heterocycles. The first kappa shape index (κ1) is 9.17. The number of hydrogen-bond donors (Lipinski definition) is 1. The Labute approximate surface area is 76.1 Å². The van der Waals surface area contributed by atoms with Crippen molar-refractivity contribution < 1.29 is 0 Å². The lowest BCUT2D eigenvalue weighted by atomic mass is 10.3. The second kappa shape index (κ2) is 4.19. The van der Waals surface area contributed by atoms with Crippen molar-refractivity contribution in [2.45, 2.75) is 19.4 Å². The van der Waals surface area contributed by atoms with Gasteiger partial charge in [-0.2, -0.15) is 5.26 Å². The van der Waals surface area contributed by atoms with Gasteiger partial charge < -0.3 is 5.32 Å². The Balaban J connectivity index is 2.71. The van der Waals surface area contributed by atoms with Gasteiger partial charge in [-0.1, -0.05) is 0 Å². The molecule has 1 rings (SSSR count). The Bertz CT molecular complexity index is 287. The van der Waals surface area contributed by atoms with Gasteiger partial charge in [0.25, 0.3) is 0 Å². The summed E-state index contributed by atoms with van der Waals surface area (Å²) in [6.45, 7) is 2.05. The fraction of sp³-hybridized carbons (Fsp3) is 0.500. The Morgan fingerprint density at radius 3 is 3.17 bits per heavy atom. The van der Waals surface area contributed by atoms with Gasteiger partial charge in [-0.05, 0) is 14.0 Å². The summed E-state index contributed by atoms with van der Waals surface area (Å²) in [4.78, 5) is 4.30. The van der Waals surface area contributed by atoms with Gasteiger partial charge in [-0.15, -0.1) is 11.3 Å². The number of nitriles is 1. The van der Waals surface area contributed by atoms with E-state index in [0.717, 1.165) is 10.7 Å². The number of thiazole rings is 1. The number of nitrogens with zero attached hydrogens (tertiary/aromatic N) is 2. The van der Waals surface area contributed by atoms with E-state index in [2.05, 4.69) is 16.4 Å². The highest BCUT2D eigenvalue weighted by Crippen LogP contribution is 2.15. The quantitative estimate of drug-likeness (QED) is 0.768. The molecule has 1 unspecified atom stereocenters. The number of aromatic nitrogens is 1. The van der Waals surface area contributed by atoms with E-state index >= 15 is 0 Å². The minimum absolute atomic E-state index is 0.272. The maximum atomic E-state index is 8.43. The number of hydrogen-bond acceptors (Lipinski definition) is 4. The third kappa shape index (κ3) is 2.03. The van der Waals surface area contributed by atoms with E-state index < -0.39 is 0 Å². The van der Waals surface area contributed by atoms with Gasteiger partial charge in [0, 0.05) is 11.4 Å². The lowest BCUT2D eigenvalue weighted by Gasteiger charge is -2.04. The molecule has 0 spiro atoms. The zero-order valence-electron chi connectivity index (χ0n) is 7.16. The molecule has 4 heteroatoms. The minimum atomic E-state index is 0.272. The molecule has 0 amide bonds. The van der Waals surface area contributed by atoms with E-state index in [0.29, 0.717) is 6.42 Å². The van der Waals surface area contributed by atoms with Crippen molar-refractivity contribution in [3.05, 3.63) is 16.1 Å². The molecule has 0 aliphatic heterocycles. The molecule has 1 aromatic rings. The van der Waals surface area contributed by atoms with Gasteiger partial charge >= 0.3 is 0 Å². The summed E-state index contributed by atoms with van der Waals surface area (Å²) in [5.74, 6) is 0. The predicted octanol–water partition coefficient (Wildman–Crippen LogP) is 1.49. The van der Waals surface area contributed by atoms with Crippen molar-refractivity contribution in [1.82, 2.24) is 10.3 Å². The maximum Gasteiger partial charge on any atom is 0.107 e. The summed E-state index contributed by atoms with van der Waals surface area (Å²) in [6.07, 6.45) is 0.418. The van der Waals surface area contributed by atoms with Gasteiger partial charge in [0.2, 0.25) is 0 Å². The lowest BCUT2D eigenvalue weighted by Crippen LogP contribution is -2.12. The molecule has 1 atom stereocenters. The van der Waals surface area contributed by atoms with Crippen molar-refractivity contribution in [1.29, 1.82) is 5.26 Å². The second-order valence-corrected chi connectivity index (χ2v) is 3.45. The average molecular weight is 181 g/mol. The van der Waals surface area contributed by atoms with Crippen molar-refractivity contribution in [3.63, 3.8) is 0 Å². The summed E-state index contributed by atoms with van der Waals surface area (Å²) in [5, 5.41) is 14.4. The first-order chi connectivity index (χ1) is 5.77. The Morgan fingerprint density at radius 1 is 1.83 bits per heavy atom. The average Bonchev–Trinajstić information content (AvgIpc) is 2.52. The van der Waals surface area contributed by atoms with Crippen molar-refractivity contribution >= 4 is 11.3 Å². The first-order valence-corrected chi connectivity index (χ1v) is 4.64. The third-order valence-electron chi connectivity index (χ3n) is 1.68. The zero-order valence-corrected chi connectivity index (χ0v) is 7.98. The molecule has 64 valence electrons. The Kier molecular flexibility index (Phi) is 3.20. The van der Waals surface area contributed by atoms with Crippen LogP contribution in [0.2, 0.25) is 0 Å². The monoisotopic (exact) mass is 181 g/mol. The molecule has 12 heavy (non-hydrogen) atoms. The van der Waals surface area contributed by atoms with Crippen LogP contribution in [-0.4, -0.2) is 12.0 Å². The SMILES string of the molecule is CNC(C)c1csc(CC#N)n1. The normalized spacial score (nSPS) is 12.4. The summed E-state index contributed by atoms with van der Waals surface area (Å²) >= 11 is 1.54. The molecular formula is C8H11N3S. The molecule has 0 saturated carbocycles. The van der Waals surface area contributed by atoms with Gasteiger partial charge in [-0.25, -0.2) is 4.98 Å². The van der Waals surface area contributed by atoms with Crippen LogP contribution in [0.3, 0.4) is 0 Å². The highest BCUT2D eigenvalue weighted by atomic mass is 32.1. The van der Waals surface area contributed by atoms with Crippen LogP contribution in [0.4, 0.5) is 0 Å². The van der Waals surface area contributed by atoms with Crippen molar-refractivity contribution in [2.24, 2.45) is 0 Å². The molecule has 0 aliphatic rings. The highest BCUT2D eigenvalue weighted by Gasteiger charge is 2.06. The first-order valence-electron chi connectivity index (χ1n) is 3.76. The number of nitrogens with one attached hydrogen (secondary N) is 1. The third-order valence-corrected chi connectivity index (χ3v) is 2.54. The van der Waals surface area contributed by atoms with E-state index in [1.54, 1.807) is 11.3 Å². The fourth-order valence-electron chi connectivity index (χ4n) is 0.821. The summed E-state index contributed by atoms with van der Waals surface area (Å²) in [7, 11) is 1.90. The van der Waals surface area contributed by atoms with E-state index in [1.165, 1.54) is 0 Å². The van der Waals surface area contributed by atoms with E-state index in [1.807, 2.05) is 19.4 Å². The van der Waals surface area contributed by atoms with Crippen LogP contribution >= 0.6 is 11.3 Å². The molecule has 0 bridgehead atoms. The summed E-state index contributed by atoms with van der Waals surface area (Å²) in [5.41, 5.74) is 1.02. The summed E-state index contributed by atoms with van der Waals surface area (Å²) in [6, 6.07) is 2.35. The topological polar surface area (TPSA) is 48.7 Å². The largest absolute Gasteiger partial charge is 0.312 e.